The molecule has 0 saturated carbocycles. The highest BCUT2D eigenvalue weighted by atomic mass is 16.7. The smallest absolute Gasteiger partial charge is 0.541 e. The first kappa shape index (κ1) is 3.55. The molecule has 1 aliphatic heterocycles. The van der Waals surface area contributed by atoms with Gasteiger partial charge in [0.05, 0.1) is 12.5 Å². The quantitative estimate of drug-likeness (QED) is 0.403. The lowest BCUT2D eigenvalue weighted by Gasteiger charge is -2.03. The molecule has 1 N–H and O–H groups in total. The standard InChI is InChI=1S/C2H3BNO2/c1-2-5-3-6-4-1/h1-2,4H. The molecule has 0 amide bonds. The minimum Gasteiger partial charge on any atom is -0.541 e. The van der Waals surface area contributed by atoms with E-state index >= 15 is 0 Å². The van der Waals surface area contributed by atoms with Crippen LogP contribution < -0.4 is 5.48 Å². The topological polar surface area (TPSA) is 30.5 Å². The molecule has 0 unspecified atom stereocenters. The van der Waals surface area contributed by atoms with Crippen molar-refractivity contribution in [2.75, 3.05) is 0 Å². The molecule has 0 saturated heterocycles. The second-order valence-electron chi connectivity index (χ2n) is 0.771. The van der Waals surface area contributed by atoms with Crippen molar-refractivity contribution in [3.8, 4) is 0 Å². The summed E-state index contributed by atoms with van der Waals surface area (Å²) in [5.74, 6) is 0. The zero-order valence-electron chi connectivity index (χ0n) is 3.05. The van der Waals surface area contributed by atoms with Crippen LogP contribution in [0.1, 0.15) is 0 Å². The van der Waals surface area contributed by atoms with Crippen LogP contribution in [0.2, 0.25) is 0 Å². The lowest BCUT2D eigenvalue weighted by atomic mass is 10.4. The molecule has 3 nitrogen and oxygen atoms in total. The Kier molecular flexibility index (Phi) is 1.02. The van der Waals surface area contributed by atoms with Gasteiger partial charge >= 0.3 is 7.69 Å². The Morgan fingerprint density at radius 1 is 1.67 bits per heavy atom. The molecule has 0 fully saturated rings. The Bertz CT molecular complexity index is 56.6. The van der Waals surface area contributed by atoms with E-state index in [1.807, 2.05) is 0 Å². The molecule has 0 aliphatic carbocycles. The SMILES string of the molecule is [B]1OC=CNO1. The highest BCUT2D eigenvalue weighted by molar-refractivity contribution is 6.18. The molecule has 0 spiro atoms. The van der Waals surface area contributed by atoms with Crippen LogP contribution in [0.3, 0.4) is 0 Å². The Balaban J connectivity index is 2.26. The van der Waals surface area contributed by atoms with Gasteiger partial charge in [0, 0.05) is 0 Å². The molecular formula is C2H3BNO2. The van der Waals surface area contributed by atoms with Gasteiger partial charge in [-0.05, 0) is 0 Å². The maximum absolute atomic E-state index is 4.48. The third-order valence-corrected chi connectivity index (χ3v) is 0.386. The minimum atomic E-state index is 1.19. The van der Waals surface area contributed by atoms with Crippen LogP contribution in [0.15, 0.2) is 12.5 Å². The van der Waals surface area contributed by atoms with Gasteiger partial charge in [0.2, 0.25) is 0 Å². The molecule has 31 valence electrons. The molecule has 1 aliphatic rings. The average Bonchev–Trinajstić information content (AvgIpc) is 1.72. The van der Waals surface area contributed by atoms with Crippen molar-refractivity contribution < 1.29 is 9.41 Å². The summed E-state index contributed by atoms with van der Waals surface area (Å²) < 4.78 is 8.86. The van der Waals surface area contributed by atoms with Gasteiger partial charge in [0.25, 0.3) is 0 Å². The number of rotatable bonds is 0. The van der Waals surface area contributed by atoms with Gasteiger partial charge in [-0.2, -0.15) is 0 Å². The van der Waals surface area contributed by atoms with Gasteiger partial charge in [-0.3, -0.25) is 10.2 Å². The van der Waals surface area contributed by atoms with Crippen LogP contribution in [0.4, 0.5) is 0 Å². The molecule has 0 aromatic carbocycles. The summed E-state index contributed by atoms with van der Waals surface area (Å²) in [7, 11) is 1.19. The van der Waals surface area contributed by atoms with Crippen LogP contribution in [0.5, 0.6) is 0 Å². The average molecular weight is 83.9 g/mol. The van der Waals surface area contributed by atoms with E-state index in [2.05, 4.69) is 14.9 Å². The highest BCUT2D eigenvalue weighted by Gasteiger charge is 1.92. The molecule has 0 bridgehead atoms. The Morgan fingerprint density at radius 3 is 2.83 bits per heavy atom. The first-order valence-electron chi connectivity index (χ1n) is 1.53. The van der Waals surface area contributed by atoms with Gasteiger partial charge < -0.3 is 4.65 Å². The number of hydroxylamine groups is 1. The Hall–Kier alpha value is -0.635. The largest absolute Gasteiger partial charge is 0.596 e. The van der Waals surface area contributed by atoms with Gasteiger partial charge in [-0.1, -0.05) is 0 Å². The van der Waals surface area contributed by atoms with Gasteiger partial charge in [-0.25, -0.2) is 0 Å². The van der Waals surface area contributed by atoms with Crippen LogP contribution in [0, 0.1) is 0 Å². The maximum atomic E-state index is 4.48. The van der Waals surface area contributed by atoms with E-state index in [9.17, 15) is 0 Å². The first-order valence-corrected chi connectivity index (χ1v) is 1.53. The summed E-state index contributed by atoms with van der Waals surface area (Å²) in [6.07, 6.45) is 3.02. The Morgan fingerprint density at radius 2 is 2.67 bits per heavy atom. The van der Waals surface area contributed by atoms with Gasteiger partial charge in [0.15, 0.2) is 0 Å². The summed E-state index contributed by atoms with van der Waals surface area (Å²) in [6, 6.07) is 0. The third-order valence-electron chi connectivity index (χ3n) is 0.386. The fourth-order valence-corrected chi connectivity index (χ4v) is 0.194. The van der Waals surface area contributed by atoms with Crippen LogP contribution in [-0.4, -0.2) is 7.69 Å². The van der Waals surface area contributed by atoms with E-state index < -0.39 is 0 Å². The van der Waals surface area contributed by atoms with E-state index in [0.29, 0.717) is 0 Å². The number of nitrogens with one attached hydrogen (secondary N) is 1. The fourth-order valence-electron chi connectivity index (χ4n) is 0.194. The van der Waals surface area contributed by atoms with E-state index in [0.717, 1.165) is 0 Å². The summed E-state index contributed by atoms with van der Waals surface area (Å²) >= 11 is 0. The summed E-state index contributed by atoms with van der Waals surface area (Å²) in [5.41, 5.74) is 2.42. The molecule has 0 aromatic rings. The minimum absolute atomic E-state index is 1.19. The fraction of sp³-hybridized carbons (Fsp3) is 0. The molecule has 0 aromatic heterocycles. The molecule has 6 heavy (non-hydrogen) atoms. The second kappa shape index (κ2) is 1.72. The summed E-state index contributed by atoms with van der Waals surface area (Å²) in [5, 5.41) is 0. The van der Waals surface area contributed by atoms with E-state index in [-0.39, 0.29) is 0 Å². The number of hydrogen-bond acceptors (Lipinski definition) is 3. The normalized spacial score (nSPS) is 17.3. The highest BCUT2D eigenvalue weighted by Crippen LogP contribution is 1.78. The summed E-state index contributed by atoms with van der Waals surface area (Å²) in [4.78, 5) is 0. The summed E-state index contributed by atoms with van der Waals surface area (Å²) in [6.45, 7) is 0. The van der Waals surface area contributed by atoms with Crippen LogP contribution in [-0.2, 0) is 9.41 Å². The molecule has 0 atom stereocenters. The zero-order chi connectivity index (χ0) is 4.24. The van der Waals surface area contributed by atoms with Crippen molar-refractivity contribution in [2.45, 2.75) is 0 Å². The van der Waals surface area contributed by atoms with E-state index in [1.165, 1.54) is 13.9 Å². The van der Waals surface area contributed by atoms with Crippen LogP contribution in [0.25, 0.3) is 0 Å². The first-order chi connectivity index (χ1) is 3.00. The zero-order valence-corrected chi connectivity index (χ0v) is 3.05. The monoisotopic (exact) mass is 84.0 g/mol. The molecule has 1 radical (unpaired) electrons. The molecule has 4 heteroatoms. The lowest BCUT2D eigenvalue weighted by molar-refractivity contribution is 0.187. The van der Waals surface area contributed by atoms with Gasteiger partial charge in [0.1, 0.15) is 0 Å². The lowest BCUT2D eigenvalue weighted by Crippen LogP contribution is -2.16. The van der Waals surface area contributed by atoms with Crippen molar-refractivity contribution >= 4 is 7.69 Å². The molecule has 1 rings (SSSR count). The van der Waals surface area contributed by atoms with E-state index in [4.69, 9.17) is 0 Å². The van der Waals surface area contributed by atoms with Gasteiger partial charge in [-0.15, -0.1) is 0 Å². The Labute approximate surface area is 36.2 Å². The number of hydrogen-bond donors (Lipinski definition) is 1. The van der Waals surface area contributed by atoms with E-state index in [1.54, 1.807) is 6.20 Å². The molecule has 1 heterocycles. The van der Waals surface area contributed by atoms with Crippen molar-refractivity contribution in [1.82, 2.24) is 5.48 Å². The van der Waals surface area contributed by atoms with Crippen molar-refractivity contribution in [3.63, 3.8) is 0 Å². The molecular weight excluding hydrogens is 80.8 g/mol. The predicted octanol–water partition coefficient (Wildman–Crippen LogP) is -0.457. The third kappa shape index (κ3) is 0.654. The predicted molar refractivity (Wildman–Crippen MR) is 20.2 cm³/mol. The van der Waals surface area contributed by atoms with Crippen LogP contribution >= 0.6 is 0 Å². The van der Waals surface area contributed by atoms with Crippen molar-refractivity contribution in [2.24, 2.45) is 0 Å². The van der Waals surface area contributed by atoms with Crippen molar-refractivity contribution in [1.29, 1.82) is 0 Å². The van der Waals surface area contributed by atoms with Crippen molar-refractivity contribution in [3.05, 3.63) is 12.5 Å². The second-order valence-corrected chi connectivity index (χ2v) is 0.771. The maximum Gasteiger partial charge on any atom is 0.596 e.